The molecule has 0 amide bonds. The van der Waals surface area contributed by atoms with Gasteiger partial charge < -0.3 is 4.90 Å². The molecule has 30 heavy (non-hydrogen) atoms. The monoisotopic (exact) mass is 430 g/mol. The van der Waals surface area contributed by atoms with Gasteiger partial charge in [-0.3, -0.25) is 0 Å². The van der Waals surface area contributed by atoms with E-state index in [0.29, 0.717) is 12.5 Å². The summed E-state index contributed by atoms with van der Waals surface area (Å²) >= 11 is 0. The summed E-state index contributed by atoms with van der Waals surface area (Å²) in [6, 6.07) is 16.2. The average Bonchev–Trinajstić information content (AvgIpc) is 3.58. The zero-order chi connectivity index (χ0) is 21.0. The molecule has 1 aliphatic carbocycles. The molecule has 2 aromatic rings. The molecule has 0 N–H and O–H groups in total. The van der Waals surface area contributed by atoms with Crippen molar-refractivity contribution in [2.45, 2.75) is 49.5 Å². The van der Waals surface area contributed by atoms with E-state index in [-0.39, 0.29) is 10.9 Å². The molecule has 1 heterocycles. The van der Waals surface area contributed by atoms with Crippen molar-refractivity contribution in [2.24, 2.45) is 5.92 Å². The first kappa shape index (κ1) is 21.5. The molecule has 0 bridgehead atoms. The fourth-order valence-corrected chi connectivity index (χ4v) is 6.19. The number of rotatable bonds is 9. The van der Waals surface area contributed by atoms with Gasteiger partial charge in [-0.15, -0.1) is 0 Å². The topological polar surface area (TPSA) is 40.6 Å². The van der Waals surface area contributed by atoms with Crippen molar-refractivity contribution in [1.29, 1.82) is 0 Å². The highest BCUT2D eigenvalue weighted by molar-refractivity contribution is 7.89. The normalized spacial score (nSPS) is 18.7. The summed E-state index contributed by atoms with van der Waals surface area (Å²) in [5, 5.41) is 0. The zero-order valence-corrected chi connectivity index (χ0v) is 18.2. The van der Waals surface area contributed by atoms with Gasteiger partial charge in [0, 0.05) is 12.6 Å². The zero-order valence-electron chi connectivity index (χ0n) is 17.4. The highest BCUT2D eigenvalue weighted by Crippen LogP contribution is 2.34. The predicted molar refractivity (Wildman–Crippen MR) is 117 cm³/mol. The van der Waals surface area contributed by atoms with E-state index in [9.17, 15) is 12.8 Å². The van der Waals surface area contributed by atoms with Gasteiger partial charge in [-0.2, -0.15) is 4.31 Å². The first-order valence-electron chi connectivity index (χ1n) is 11.1. The van der Waals surface area contributed by atoms with Crippen LogP contribution in [-0.2, 0) is 16.4 Å². The summed E-state index contributed by atoms with van der Waals surface area (Å²) < 4.78 is 42.5. The molecule has 1 saturated heterocycles. The molecule has 0 radical (unpaired) electrons. The number of hydrogen-bond donors (Lipinski definition) is 0. The van der Waals surface area contributed by atoms with E-state index < -0.39 is 15.8 Å². The van der Waals surface area contributed by atoms with E-state index in [1.54, 1.807) is 10.4 Å². The quantitative estimate of drug-likeness (QED) is 0.595. The molecule has 2 aliphatic rings. The second kappa shape index (κ2) is 9.58. The fraction of sp³-hybridized carbons (Fsp3) is 0.500. The Morgan fingerprint density at radius 2 is 1.60 bits per heavy atom. The summed E-state index contributed by atoms with van der Waals surface area (Å²) in [7, 11) is -3.82. The van der Waals surface area contributed by atoms with Gasteiger partial charge in [0.2, 0.25) is 10.0 Å². The van der Waals surface area contributed by atoms with Crippen LogP contribution in [0.1, 0.15) is 37.7 Å². The number of benzene rings is 2. The molecular weight excluding hydrogens is 399 g/mol. The van der Waals surface area contributed by atoms with E-state index in [0.717, 1.165) is 58.2 Å². The van der Waals surface area contributed by atoms with Gasteiger partial charge in [0.05, 0.1) is 0 Å². The Morgan fingerprint density at radius 3 is 2.27 bits per heavy atom. The number of nitrogens with zero attached hydrogens (tertiary/aromatic N) is 2. The van der Waals surface area contributed by atoms with E-state index in [4.69, 9.17) is 0 Å². The number of hydrogen-bond acceptors (Lipinski definition) is 3. The van der Waals surface area contributed by atoms with Crippen LogP contribution in [0, 0.1) is 11.7 Å². The third kappa shape index (κ3) is 5.29. The Balaban J connectivity index is 1.36. The Labute approximate surface area is 179 Å². The van der Waals surface area contributed by atoms with Crippen LogP contribution in [0.2, 0.25) is 0 Å². The summed E-state index contributed by atoms with van der Waals surface area (Å²) in [5.41, 5.74) is 1.36. The third-order valence-electron chi connectivity index (χ3n) is 6.31. The maximum atomic E-state index is 14.3. The lowest BCUT2D eigenvalue weighted by atomic mass is 10.0. The maximum absolute atomic E-state index is 14.3. The highest BCUT2D eigenvalue weighted by Gasteiger charge is 2.38. The van der Waals surface area contributed by atoms with Crippen molar-refractivity contribution in [3.63, 3.8) is 0 Å². The summed E-state index contributed by atoms with van der Waals surface area (Å²) in [6.07, 6.45) is 5.94. The first-order valence-corrected chi connectivity index (χ1v) is 12.5. The number of sulfonamides is 1. The van der Waals surface area contributed by atoms with Gasteiger partial charge in [0.25, 0.3) is 0 Å². The van der Waals surface area contributed by atoms with E-state index in [1.807, 2.05) is 6.07 Å². The van der Waals surface area contributed by atoms with Crippen LogP contribution in [0.5, 0.6) is 0 Å². The van der Waals surface area contributed by atoms with Crippen LogP contribution in [0.25, 0.3) is 0 Å². The highest BCUT2D eigenvalue weighted by atomic mass is 32.2. The van der Waals surface area contributed by atoms with Gasteiger partial charge in [-0.05, 0) is 81.8 Å². The van der Waals surface area contributed by atoms with Crippen LogP contribution < -0.4 is 0 Å². The molecule has 0 unspecified atom stereocenters. The molecule has 1 aliphatic heterocycles. The Bertz CT molecular complexity index is 923. The molecule has 2 aromatic carbocycles. The second-order valence-corrected chi connectivity index (χ2v) is 10.5. The van der Waals surface area contributed by atoms with Crippen LogP contribution in [0.4, 0.5) is 4.39 Å². The first-order chi connectivity index (χ1) is 14.5. The largest absolute Gasteiger partial charge is 0.303 e. The van der Waals surface area contributed by atoms with Crippen molar-refractivity contribution in [2.75, 3.05) is 26.2 Å². The summed E-state index contributed by atoms with van der Waals surface area (Å²) in [5.74, 6) is -0.230. The minimum absolute atomic E-state index is 0.0411. The molecule has 1 saturated carbocycles. The van der Waals surface area contributed by atoms with Gasteiger partial charge in [-0.25, -0.2) is 12.8 Å². The van der Waals surface area contributed by atoms with Crippen LogP contribution >= 0.6 is 0 Å². The van der Waals surface area contributed by atoms with Crippen molar-refractivity contribution < 1.29 is 12.8 Å². The van der Waals surface area contributed by atoms with E-state index >= 15 is 0 Å². The minimum Gasteiger partial charge on any atom is -0.303 e. The number of halogens is 1. The Hall–Kier alpha value is -1.76. The molecule has 2 fully saturated rings. The summed E-state index contributed by atoms with van der Waals surface area (Å²) in [6.45, 7) is 3.35. The Morgan fingerprint density at radius 1 is 0.933 bits per heavy atom. The fourth-order valence-electron chi connectivity index (χ4n) is 4.36. The smallest absolute Gasteiger partial charge is 0.246 e. The average molecular weight is 431 g/mol. The molecule has 0 atom stereocenters. The van der Waals surface area contributed by atoms with Gasteiger partial charge in [-0.1, -0.05) is 42.5 Å². The molecule has 0 aromatic heterocycles. The molecule has 4 nitrogen and oxygen atoms in total. The van der Waals surface area contributed by atoms with Crippen molar-refractivity contribution in [1.82, 2.24) is 9.21 Å². The maximum Gasteiger partial charge on any atom is 0.246 e. The Kier molecular flexibility index (Phi) is 6.86. The van der Waals surface area contributed by atoms with Crippen molar-refractivity contribution in [3.05, 3.63) is 66.0 Å². The predicted octanol–water partition coefficient (Wildman–Crippen LogP) is 4.32. The number of likely N-dealkylation sites (tertiary alicyclic amines) is 1. The second-order valence-electron chi connectivity index (χ2n) is 8.61. The van der Waals surface area contributed by atoms with Crippen LogP contribution in [0.15, 0.2) is 59.5 Å². The van der Waals surface area contributed by atoms with Gasteiger partial charge >= 0.3 is 0 Å². The van der Waals surface area contributed by atoms with Crippen molar-refractivity contribution in [3.8, 4) is 0 Å². The standard InChI is InChI=1S/C24H31FN2O2S/c25-23-10-4-5-11-24(23)30(28,29)27(19-21-12-13-21)22-14-17-26(18-15-22)16-6-9-20-7-2-1-3-8-20/h1-5,7-8,10-11,21-22H,6,9,12-19H2. The lowest BCUT2D eigenvalue weighted by Gasteiger charge is -2.38. The number of aryl methyl sites for hydroxylation is 1. The van der Waals surface area contributed by atoms with E-state index in [1.165, 1.54) is 23.8 Å². The van der Waals surface area contributed by atoms with Crippen LogP contribution in [-0.4, -0.2) is 49.8 Å². The van der Waals surface area contributed by atoms with Gasteiger partial charge in [0.1, 0.15) is 10.7 Å². The molecule has 0 spiro atoms. The molecule has 162 valence electrons. The van der Waals surface area contributed by atoms with Gasteiger partial charge in [0.15, 0.2) is 0 Å². The third-order valence-corrected chi connectivity index (χ3v) is 8.26. The molecular formula is C24H31FN2O2S. The number of piperidine rings is 1. The SMILES string of the molecule is O=S(=O)(c1ccccc1F)N(CC1CC1)C1CCN(CCCc2ccccc2)CC1. The molecule has 4 rings (SSSR count). The lowest BCUT2D eigenvalue weighted by molar-refractivity contribution is 0.155. The lowest BCUT2D eigenvalue weighted by Crippen LogP contribution is -2.48. The summed E-state index contributed by atoms with van der Waals surface area (Å²) in [4.78, 5) is 2.25. The van der Waals surface area contributed by atoms with E-state index in [2.05, 4.69) is 29.2 Å². The van der Waals surface area contributed by atoms with Crippen LogP contribution in [0.3, 0.4) is 0 Å². The molecule has 6 heteroatoms. The minimum atomic E-state index is -3.82. The van der Waals surface area contributed by atoms with Crippen molar-refractivity contribution >= 4 is 10.0 Å².